The van der Waals surface area contributed by atoms with Crippen molar-refractivity contribution < 1.29 is 10.2 Å². The molecule has 2 rings (SSSR count). The van der Waals surface area contributed by atoms with Crippen LogP contribution in [0.2, 0.25) is 0 Å². The van der Waals surface area contributed by atoms with Crippen molar-refractivity contribution in [2.75, 3.05) is 18.0 Å². The second-order valence-corrected chi connectivity index (χ2v) is 6.23. The lowest BCUT2D eigenvalue weighted by Gasteiger charge is -2.19. The smallest absolute Gasteiger partial charge is 0.139 e. The first-order valence-electron chi connectivity index (χ1n) is 8.45. The Morgan fingerprint density at radius 3 is 2.57 bits per heavy atom. The fraction of sp³-hybridized carbons (Fsp3) is 0.667. The zero-order chi connectivity index (χ0) is 15.1. The third-order valence-corrected chi connectivity index (χ3v) is 4.36. The number of phenolic OH excluding ortho intramolecular Hbond substituents is 1. The summed E-state index contributed by atoms with van der Waals surface area (Å²) in [7, 11) is 0. The number of benzene rings is 1. The van der Waals surface area contributed by atoms with E-state index in [1.165, 1.54) is 44.1 Å². The van der Waals surface area contributed by atoms with Crippen LogP contribution in [-0.4, -0.2) is 29.4 Å². The van der Waals surface area contributed by atoms with Gasteiger partial charge in [-0.15, -0.1) is 0 Å². The van der Waals surface area contributed by atoms with E-state index in [1.807, 2.05) is 12.1 Å². The van der Waals surface area contributed by atoms with Gasteiger partial charge in [-0.25, -0.2) is 0 Å². The minimum absolute atomic E-state index is 0.257. The molecule has 1 heterocycles. The number of aryl methyl sites for hydroxylation is 1. The molecule has 1 aliphatic heterocycles. The Labute approximate surface area is 128 Å². The van der Waals surface area contributed by atoms with Crippen molar-refractivity contribution in [3.05, 3.63) is 23.8 Å². The highest BCUT2D eigenvalue weighted by atomic mass is 16.3. The van der Waals surface area contributed by atoms with Gasteiger partial charge in [-0.3, -0.25) is 0 Å². The zero-order valence-corrected chi connectivity index (χ0v) is 13.2. The molecule has 1 atom stereocenters. The Morgan fingerprint density at radius 2 is 1.90 bits per heavy atom. The average molecular weight is 291 g/mol. The van der Waals surface area contributed by atoms with Gasteiger partial charge in [0.05, 0.1) is 11.8 Å². The highest BCUT2D eigenvalue weighted by Gasteiger charge is 2.22. The molecule has 0 spiro atoms. The third kappa shape index (κ3) is 4.92. The summed E-state index contributed by atoms with van der Waals surface area (Å²) in [6.45, 7) is 3.69. The van der Waals surface area contributed by atoms with Gasteiger partial charge < -0.3 is 15.1 Å². The number of β-amino-alcohol motifs (C(OH)–C–C–N with tert-alkyl or cyclic N) is 1. The molecule has 0 aromatic heterocycles. The van der Waals surface area contributed by atoms with E-state index in [-0.39, 0.29) is 6.10 Å². The fourth-order valence-electron chi connectivity index (χ4n) is 3.06. The Balaban J connectivity index is 1.79. The molecule has 0 unspecified atom stereocenters. The Morgan fingerprint density at radius 1 is 1.14 bits per heavy atom. The van der Waals surface area contributed by atoms with Crippen LogP contribution < -0.4 is 4.90 Å². The van der Waals surface area contributed by atoms with E-state index in [4.69, 9.17) is 0 Å². The number of aliphatic hydroxyl groups excluding tert-OH is 1. The summed E-state index contributed by atoms with van der Waals surface area (Å²) in [4.78, 5) is 2.06. The van der Waals surface area contributed by atoms with Gasteiger partial charge in [-0.05, 0) is 37.0 Å². The lowest BCUT2D eigenvalue weighted by Crippen LogP contribution is -2.21. The van der Waals surface area contributed by atoms with Crippen molar-refractivity contribution in [2.45, 2.75) is 64.4 Å². The van der Waals surface area contributed by atoms with Crippen LogP contribution in [0, 0.1) is 0 Å². The van der Waals surface area contributed by atoms with Crippen LogP contribution in [0.15, 0.2) is 18.2 Å². The van der Waals surface area contributed by atoms with Crippen molar-refractivity contribution in [1.82, 2.24) is 0 Å². The molecule has 3 nitrogen and oxygen atoms in total. The summed E-state index contributed by atoms with van der Waals surface area (Å²) in [6.07, 6.45) is 9.36. The predicted octanol–water partition coefficient (Wildman–Crippen LogP) is 3.87. The standard InChI is InChI=1S/C18H29NO2/c1-2-3-4-5-6-7-8-15-9-10-17(18(21)13-15)19-12-11-16(20)14-19/h9-10,13,16,20-21H,2-8,11-12,14H2,1H3/t16-/m0/s1. The summed E-state index contributed by atoms with van der Waals surface area (Å²) in [5.41, 5.74) is 2.07. The molecule has 0 bridgehead atoms. The predicted molar refractivity (Wildman–Crippen MR) is 88.0 cm³/mol. The molecule has 1 aromatic rings. The summed E-state index contributed by atoms with van der Waals surface area (Å²) in [6, 6.07) is 6.01. The minimum Gasteiger partial charge on any atom is -0.506 e. The van der Waals surface area contributed by atoms with Crippen molar-refractivity contribution in [1.29, 1.82) is 0 Å². The second-order valence-electron chi connectivity index (χ2n) is 6.23. The molecule has 118 valence electrons. The van der Waals surface area contributed by atoms with Crippen molar-refractivity contribution in [2.24, 2.45) is 0 Å². The Bertz CT molecular complexity index is 433. The van der Waals surface area contributed by atoms with E-state index >= 15 is 0 Å². The minimum atomic E-state index is -0.257. The second kappa shape index (κ2) is 8.28. The topological polar surface area (TPSA) is 43.7 Å². The molecule has 1 fully saturated rings. The van der Waals surface area contributed by atoms with E-state index in [1.54, 1.807) is 0 Å². The molecule has 0 amide bonds. The number of anilines is 1. The number of nitrogens with zero attached hydrogens (tertiary/aromatic N) is 1. The van der Waals surface area contributed by atoms with Gasteiger partial charge in [0.25, 0.3) is 0 Å². The summed E-state index contributed by atoms with van der Waals surface area (Å²) >= 11 is 0. The van der Waals surface area contributed by atoms with Crippen LogP contribution in [0.4, 0.5) is 5.69 Å². The molecule has 0 radical (unpaired) electrons. The zero-order valence-electron chi connectivity index (χ0n) is 13.2. The largest absolute Gasteiger partial charge is 0.506 e. The van der Waals surface area contributed by atoms with E-state index in [0.29, 0.717) is 12.3 Å². The van der Waals surface area contributed by atoms with Gasteiger partial charge in [0, 0.05) is 13.1 Å². The molecule has 1 aromatic carbocycles. The van der Waals surface area contributed by atoms with Gasteiger partial charge in [-0.1, -0.05) is 45.1 Å². The lowest BCUT2D eigenvalue weighted by atomic mass is 10.0. The van der Waals surface area contributed by atoms with E-state index < -0.39 is 0 Å². The number of aromatic hydroxyl groups is 1. The van der Waals surface area contributed by atoms with Crippen LogP contribution in [0.25, 0.3) is 0 Å². The van der Waals surface area contributed by atoms with Crippen LogP contribution in [0.1, 0.15) is 57.4 Å². The van der Waals surface area contributed by atoms with Gasteiger partial charge in [-0.2, -0.15) is 0 Å². The molecule has 2 N–H and O–H groups in total. The van der Waals surface area contributed by atoms with E-state index in [9.17, 15) is 10.2 Å². The maximum atomic E-state index is 10.2. The number of hydrogen-bond acceptors (Lipinski definition) is 3. The molecular weight excluding hydrogens is 262 g/mol. The molecule has 21 heavy (non-hydrogen) atoms. The summed E-state index contributed by atoms with van der Waals surface area (Å²) < 4.78 is 0. The highest BCUT2D eigenvalue weighted by Crippen LogP contribution is 2.31. The van der Waals surface area contributed by atoms with Gasteiger partial charge in [0.15, 0.2) is 0 Å². The van der Waals surface area contributed by atoms with E-state index in [2.05, 4.69) is 17.9 Å². The Hall–Kier alpha value is -1.22. The number of rotatable bonds is 8. The third-order valence-electron chi connectivity index (χ3n) is 4.36. The monoisotopic (exact) mass is 291 g/mol. The summed E-state index contributed by atoms with van der Waals surface area (Å²) in [5.74, 6) is 0.354. The van der Waals surface area contributed by atoms with Gasteiger partial charge in [0.2, 0.25) is 0 Å². The molecular formula is C18H29NO2. The molecule has 3 heteroatoms. The number of phenols is 1. The van der Waals surface area contributed by atoms with Crippen molar-refractivity contribution in [3.8, 4) is 5.75 Å². The molecule has 1 saturated heterocycles. The molecule has 0 aliphatic carbocycles. The highest BCUT2D eigenvalue weighted by molar-refractivity contribution is 5.59. The van der Waals surface area contributed by atoms with Crippen molar-refractivity contribution >= 4 is 5.69 Å². The fourth-order valence-corrected chi connectivity index (χ4v) is 3.06. The first-order chi connectivity index (χ1) is 10.2. The Kier molecular flexibility index (Phi) is 6.37. The summed E-state index contributed by atoms with van der Waals surface area (Å²) in [5, 5.41) is 19.8. The maximum Gasteiger partial charge on any atom is 0.139 e. The lowest BCUT2D eigenvalue weighted by molar-refractivity contribution is 0.198. The maximum absolute atomic E-state index is 10.2. The van der Waals surface area contributed by atoms with Crippen molar-refractivity contribution in [3.63, 3.8) is 0 Å². The van der Waals surface area contributed by atoms with Gasteiger partial charge in [0.1, 0.15) is 5.75 Å². The average Bonchev–Trinajstić information content (AvgIpc) is 2.89. The number of hydrogen-bond donors (Lipinski definition) is 2. The van der Waals surface area contributed by atoms with Gasteiger partial charge >= 0.3 is 0 Å². The number of unbranched alkanes of at least 4 members (excludes halogenated alkanes) is 5. The van der Waals surface area contributed by atoms with Crippen LogP contribution in [0.5, 0.6) is 5.75 Å². The quantitative estimate of drug-likeness (QED) is 0.715. The normalized spacial score (nSPS) is 18.4. The SMILES string of the molecule is CCCCCCCCc1ccc(N2CC[C@H](O)C2)c(O)c1. The first-order valence-corrected chi connectivity index (χ1v) is 8.45. The number of aliphatic hydroxyl groups is 1. The molecule has 1 aliphatic rings. The van der Waals surface area contributed by atoms with Crippen LogP contribution >= 0.6 is 0 Å². The van der Waals surface area contributed by atoms with Crippen LogP contribution in [-0.2, 0) is 6.42 Å². The first kappa shape index (κ1) is 16.2. The van der Waals surface area contributed by atoms with E-state index in [0.717, 1.165) is 25.1 Å². The van der Waals surface area contributed by atoms with Crippen LogP contribution in [0.3, 0.4) is 0 Å². The molecule has 0 saturated carbocycles.